The van der Waals surface area contributed by atoms with Crippen molar-refractivity contribution in [3.63, 3.8) is 0 Å². The second-order valence-electron chi connectivity index (χ2n) is 6.61. The lowest BCUT2D eigenvalue weighted by Gasteiger charge is -2.30. The first-order valence-electron chi connectivity index (χ1n) is 8.80. The molecule has 0 radical (unpaired) electrons. The number of halogens is 4. The Hall–Kier alpha value is -0.970. The molecule has 1 aromatic heterocycles. The van der Waals surface area contributed by atoms with E-state index < -0.39 is 11.4 Å². The van der Waals surface area contributed by atoms with Crippen LogP contribution in [-0.2, 0) is 16.9 Å². The minimum absolute atomic E-state index is 0.120. The van der Waals surface area contributed by atoms with Crippen molar-refractivity contribution in [3.8, 4) is 0 Å². The molecule has 27 heavy (non-hydrogen) atoms. The van der Waals surface area contributed by atoms with Gasteiger partial charge in [-0.05, 0) is 12.5 Å². The highest BCUT2D eigenvalue weighted by molar-refractivity contribution is 6.58. The highest BCUT2D eigenvalue weighted by Crippen LogP contribution is 2.48. The molecule has 1 aliphatic rings. The number of para-hydroxylation sites is 1. The molecule has 3 rings (SSSR count). The molecular formula is C20H19Cl4NO2. The first kappa shape index (κ1) is 20.8. The predicted octanol–water partition coefficient (Wildman–Crippen LogP) is 6.37. The number of hydrogen-bond donors (Lipinski definition) is 1. The van der Waals surface area contributed by atoms with Crippen LogP contribution in [0.25, 0.3) is 10.9 Å². The number of aliphatic hydroxyl groups is 1. The van der Waals surface area contributed by atoms with Gasteiger partial charge in [-0.2, -0.15) is 0 Å². The van der Waals surface area contributed by atoms with Crippen molar-refractivity contribution in [2.45, 2.75) is 44.8 Å². The Morgan fingerprint density at radius 3 is 2.41 bits per heavy atom. The number of Topliss-reactive ketones (excluding diaryl/α,β-unsaturated/α-hetero) is 1. The number of unbranched alkanes of at least 4 members (excludes halogenated alkanes) is 3. The molecule has 1 heterocycles. The lowest BCUT2D eigenvalue weighted by atomic mass is 9.85. The number of carbonyl (C=O) groups excluding carboxylic acids is 1. The zero-order valence-corrected chi connectivity index (χ0v) is 17.8. The third-order valence-corrected chi connectivity index (χ3v) is 6.72. The Kier molecular flexibility index (Phi) is 6.29. The largest absolute Gasteiger partial charge is 0.372 e. The summed E-state index contributed by atoms with van der Waals surface area (Å²) in [4.78, 5) is 12.9. The van der Waals surface area contributed by atoms with Gasteiger partial charge in [0.15, 0.2) is 5.60 Å². The van der Waals surface area contributed by atoms with Crippen LogP contribution in [0.1, 0.15) is 38.2 Å². The molecule has 1 unspecified atom stereocenters. The van der Waals surface area contributed by atoms with Gasteiger partial charge in [-0.1, -0.05) is 90.8 Å². The predicted molar refractivity (Wildman–Crippen MR) is 112 cm³/mol. The summed E-state index contributed by atoms with van der Waals surface area (Å²) < 4.78 is 2.03. The van der Waals surface area contributed by atoms with Gasteiger partial charge in [-0.15, -0.1) is 0 Å². The van der Waals surface area contributed by atoms with E-state index in [1.165, 1.54) is 0 Å². The third-order valence-electron chi connectivity index (χ3n) is 4.85. The summed E-state index contributed by atoms with van der Waals surface area (Å²) in [6.07, 6.45) is 6.17. The number of rotatable bonds is 6. The Bertz CT molecular complexity index is 960. The standard InChI is InChI=1S/C20H19Cl4NO2/c1-2-3-4-7-10-25-11-13(12-8-5-6-9-14(12)25)20(27)18(24)16(22)15(21)17(23)19(20)26/h5-6,8-9,11,27H,2-4,7,10H2,1H3. The Morgan fingerprint density at radius 1 is 1.00 bits per heavy atom. The maximum absolute atomic E-state index is 12.9. The number of hydrogen-bond acceptors (Lipinski definition) is 2. The molecule has 7 heteroatoms. The summed E-state index contributed by atoms with van der Waals surface area (Å²) in [5.74, 6) is -0.780. The molecule has 2 aromatic rings. The van der Waals surface area contributed by atoms with Gasteiger partial charge in [-0.3, -0.25) is 4.79 Å². The molecule has 1 N–H and O–H groups in total. The van der Waals surface area contributed by atoms with Crippen LogP contribution in [0.3, 0.4) is 0 Å². The molecular weight excluding hydrogens is 428 g/mol. The lowest BCUT2D eigenvalue weighted by molar-refractivity contribution is -0.129. The van der Waals surface area contributed by atoms with E-state index in [9.17, 15) is 9.90 Å². The van der Waals surface area contributed by atoms with E-state index in [-0.39, 0.29) is 20.1 Å². The lowest BCUT2D eigenvalue weighted by Crippen LogP contribution is -2.39. The zero-order valence-electron chi connectivity index (χ0n) is 14.7. The number of ketones is 1. The van der Waals surface area contributed by atoms with Crippen LogP contribution in [0.15, 0.2) is 50.6 Å². The van der Waals surface area contributed by atoms with Gasteiger partial charge >= 0.3 is 0 Å². The highest BCUT2D eigenvalue weighted by atomic mass is 35.5. The minimum Gasteiger partial charge on any atom is -0.372 e. The van der Waals surface area contributed by atoms with E-state index in [1.54, 1.807) is 6.20 Å². The summed E-state index contributed by atoms with van der Waals surface area (Å²) in [5.41, 5.74) is -0.908. The summed E-state index contributed by atoms with van der Waals surface area (Å²) in [6, 6.07) is 7.53. The molecule has 1 aliphatic carbocycles. The average Bonchev–Trinajstić information content (AvgIpc) is 3.06. The average molecular weight is 447 g/mol. The number of aromatic nitrogens is 1. The fourth-order valence-electron chi connectivity index (χ4n) is 3.38. The molecule has 0 saturated heterocycles. The van der Waals surface area contributed by atoms with Gasteiger partial charge in [0.2, 0.25) is 5.78 Å². The van der Waals surface area contributed by atoms with E-state index >= 15 is 0 Å². The number of allylic oxidation sites excluding steroid dienone is 2. The maximum atomic E-state index is 12.9. The van der Waals surface area contributed by atoms with Crippen LogP contribution >= 0.6 is 46.4 Å². The smallest absolute Gasteiger partial charge is 0.217 e. The van der Waals surface area contributed by atoms with Gasteiger partial charge in [0, 0.05) is 29.2 Å². The fraction of sp³-hybridized carbons (Fsp3) is 0.350. The molecule has 0 aliphatic heterocycles. The first-order valence-corrected chi connectivity index (χ1v) is 10.3. The topological polar surface area (TPSA) is 42.2 Å². The van der Waals surface area contributed by atoms with E-state index in [0.29, 0.717) is 10.9 Å². The Balaban J connectivity index is 2.13. The number of benzene rings is 1. The van der Waals surface area contributed by atoms with Crippen LogP contribution in [0.2, 0.25) is 0 Å². The second-order valence-corrected chi connectivity index (χ2v) is 8.12. The summed E-state index contributed by atoms with van der Waals surface area (Å²) in [6.45, 7) is 2.93. The number of fused-ring (bicyclic) bond motifs is 1. The van der Waals surface area contributed by atoms with Gasteiger partial charge in [0.25, 0.3) is 0 Å². The second kappa shape index (κ2) is 8.18. The van der Waals surface area contributed by atoms with Crippen LogP contribution in [0, 0.1) is 0 Å². The van der Waals surface area contributed by atoms with Crippen molar-refractivity contribution < 1.29 is 9.90 Å². The molecule has 0 fully saturated rings. The van der Waals surface area contributed by atoms with Crippen molar-refractivity contribution in [2.75, 3.05) is 0 Å². The van der Waals surface area contributed by atoms with E-state index in [0.717, 1.165) is 37.7 Å². The molecule has 1 aromatic carbocycles. The first-order chi connectivity index (χ1) is 12.8. The summed E-state index contributed by atoms with van der Waals surface area (Å²) in [5, 5.41) is 11.2. The minimum atomic E-state index is -2.16. The molecule has 3 nitrogen and oxygen atoms in total. The van der Waals surface area contributed by atoms with Gasteiger partial charge in [0.05, 0.1) is 15.1 Å². The Labute approximate surface area is 178 Å². The van der Waals surface area contributed by atoms with Crippen LogP contribution in [0.5, 0.6) is 0 Å². The van der Waals surface area contributed by atoms with E-state index in [4.69, 9.17) is 46.4 Å². The number of carbonyl (C=O) groups is 1. The summed E-state index contributed by atoms with van der Waals surface area (Å²) in [7, 11) is 0. The quantitative estimate of drug-likeness (QED) is 0.523. The summed E-state index contributed by atoms with van der Waals surface area (Å²) >= 11 is 24.5. The zero-order chi connectivity index (χ0) is 19.8. The monoisotopic (exact) mass is 445 g/mol. The van der Waals surface area contributed by atoms with Crippen LogP contribution in [-0.4, -0.2) is 15.5 Å². The number of aryl methyl sites for hydroxylation is 1. The van der Waals surface area contributed by atoms with Crippen molar-refractivity contribution in [3.05, 3.63) is 56.2 Å². The number of nitrogens with zero attached hydrogens (tertiary/aromatic N) is 1. The normalized spacial score (nSPS) is 20.9. The van der Waals surface area contributed by atoms with Gasteiger partial charge in [-0.25, -0.2) is 0 Å². The molecule has 144 valence electrons. The van der Waals surface area contributed by atoms with E-state index in [1.807, 2.05) is 28.8 Å². The van der Waals surface area contributed by atoms with Crippen molar-refractivity contribution >= 4 is 63.1 Å². The maximum Gasteiger partial charge on any atom is 0.217 e. The van der Waals surface area contributed by atoms with Gasteiger partial charge in [0.1, 0.15) is 5.03 Å². The third kappa shape index (κ3) is 3.45. The van der Waals surface area contributed by atoms with Crippen LogP contribution < -0.4 is 0 Å². The molecule has 0 bridgehead atoms. The SMILES string of the molecule is CCCCCCn1cc(C2(O)C(=O)C(Cl)=C(Cl)C(Cl)=C2Cl)c2ccccc21. The highest BCUT2D eigenvalue weighted by Gasteiger charge is 2.49. The molecule has 0 spiro atoms. The Morgan fingerprint density at radius 2 is 1.70 bits per heavy atom. The molecule has 0 saturated carbocycles. The van der Waals surface area contributed by atoms with E-state index in [2.05, 4.69) is 6.92 Å². The molecule has 0 amide bonds. The fourth-order valence-corrected chi connectivity index (χ4v) is 4.40. The van der Waals surface area contributed by atoms with Crippen molar-refractivity contribution in [2.24, 2.45) is 0 Å². The molecule has 1 atom stereocenters. The van der Waals surface area contributed by atoms with Gasteiger partial charge < -0.3 is 9.67 Å². The van der Waals surface area contributed by atoms with Crippen LogP contribution in [0.4, 0.5) is 0 Å². The van der Waals surface area contributed by atoms with Crippen molar-refractivity contribution in [1.29, 1.82) is 0 Å². The van der Waals surface area contributed by atoms with Crippen molar-refractivity contribution in [1.82, 2.24) is 4.57 Å².